The molecule has 5 nitrogen and oxygen atoms in total. The van der Waals surface area contributed by atoms with E-state index in [1.807, 2.05) is 42.6 Å². The molecule has 0 radical (unpaired) electrons. The Morgan fingerprint density at radius 3 is 2.41 bits per heavy atom. The molecule has 8 heteroatoms. The van der Waals surface area contributed by atoms with E-state index in [0.29, 0.717) is 22.6 Å². The number of hydrogen-bond acceptors (Lipinski definition) is 3. The van der Waals surface area contributed by atoms with Gasteiger partial charge < -0.3 is 5.32 Å². The second kappa shape index (κ2) is 8.06. The Morgan fingerprint density at radius 1 is 1.10 bits per heavy atom. The number of pyridine rings is 1. The molecule has 3 aromatic rings. The van der Waals surface area contributed by atoms with Crippen LogP contribution in [0.1, 0.15) is 43.8 Å². The molecule has 1 amide bonds. The summed E-state index contributed by atoms with van der Waals surface area (Å²) in [7, 11) is 0. The normalized spacial score (nSPS) is 13.7. The van der Waals surface area contributed by atoms with E-state index in [1.54, 1.807) is 6.92 Å². The van der Waals surface area contributed by atoms with Crippen molar-refractivity contribution in [3.63, 3.8) is 0 Å². The molecule has 0 saturated heterocycles. The molecule has 2 heterocycles. The summed E-state index contributed by atoms with van der Waals surface area (Å²) in [5.74, 6) is 0.310. The summed E-state index contributed by atoms with van der Waals surface area (Å²) in [6, 6.07) is 9.87. The Bertz CT molecular complexity index is 1040. The summed E-state index contributed by atoms with van der Waals surface area (Å²) in [5, 5.41) is 11.3. The van der Waals surface area contributed by atoms with Gasteiger partial charge in [-0.05, 0) is 48.2 Å². The van der Waals surface area contributed by atoms with Crippen molar-refractivity contribution >= 4 is 17.1 Å². The van der Waals surface area contributed by atoms with Crippen LogP contribution in [0.2, 0.25) is 0 Å². The van der Waals surface area contributed by atoms with Crippen LogP contribution in [0.3, 0.4) is 0 Å². The molecular formula is C21H21F3N4O. The zero-order valence-corrected chi connectivity index (χ0v) is 16.2. The molecule has 29 heavy (non-hydrogen) atoms. The number of nitrogens with one attached hydrogen (secondary N) is 1. The highest BCUT2D eigenvalue weighted by Gasteiger charge is 2.30. The molecule has 0 bridgehead atoms. The van der Waals surface area contributed by atoms with Crippen molar-refractivity contribution in [1.82, 2.24) is 19.9 Å². The van der Waals surface area contributed by atoms with Gasteiger partial charge in [0.1, 0.15) is 0 Å². The molecule has 0 aliphatic rings. The van der Waals surface area contributed by atoms with Crippen molar-refractivity contribution < 1.29 is 18.0 Å². The first-order valence-corrected chi connectivity index (χ1v) is 9.13. The third kappa shape index (κ3) is 4.64. The molecular weight excluding hydrogens is 381 g/mol. The van der Waals surface area contributed by atoms with Crippen molar-refractivity contribution in [2.45, 2.75) is 33.0 Å². The molecule has 3 rings (SSSR count). The quantitative estimate of drug-likeness (QED) is 0.631. The molecule has 1 aromatic carbocycles. The highest BCUT2D eigenvalue weighted by molar-refractivity contribution is 5.95. The number of halogens is 3. The average molecular weight is 402 g/mol. The summed E-state index contributed by atoms with van der Waals surface area (Å²) in [4.78, 5) is 12.6. The van der Waals surface area contributed by atoms with E-state index in [4.69, 9.17) is 0 Å². The van der Waals surface area contributed by atoms with E-state index >= 15 is 0 Å². The van der Waals surface area contributed by atoms with Gasteiger partial charge in [-0.15, -0.1) is 10.2 Å². The third-order valence-electron chi connectivity index (χ3n) is 4.60. The first-order valence-electron chi connectivity index (χ1n) is 9.13. The highest BCUT2D eigenvalue weighted by Crippen LogP contribution is 2.30. The van der Waals surface area contributed by atoms with E-state index in [1.165, 1.54) is 18.2 Å². The average Bonchev–Trinajstić information content (AvgIpc) is 3.09. The Labute approximate surface area is 166 Å². The summed E-state index contributed by atoms with van der Waals surface area (Å²) < 4.78 is 39.9. The Morgan fingerprint density at radius 2 is 1.79 bits per heavy atom. The van der Waals surface area contributed by atoms with Crippen LogP contribution in [0, 0.1) is 5.92 Å². The largest absolute Gasteiger partial charge is 0.416 e. The molecule has 2 aromatic heterocycles. The maximum absolute atomic E-state index is 12.7. The molecule has 1 atom stereocenters. The highest BCUT2D eigenvalue weighted by atomic mass is 19.4. The van der Waals surface area contributed by atoms with Crippen LogP contribution < -0.4 is 5.32 Å². The van der Waals surface area contributed by atoms with Gasteiger partial charge in [-0.25, -0.2) is 0 Å². The van der Waals surface area contributed by atoms with Crippen LogP contribution in [-0.2, 0) is 11.0 Å². The lowest BCUT2D eigenvalue weighted by Gasteiger charge is -2.20. The number of benzene rings is 1. The van der Waals surface area contributed by atoms with E-state index < -0.39 is 11.7 Å². The van der Waals surface area contributed by atoms with Crippen molar-refractivity contribution in [1.29, 1.82) is 0 Å². The molecule has 0 aliphatic heterocycles. The number of hydrogen-bond donors (Lipinski definition) is 1. The number of carbonyl (C=O) groups is 1. The van der Waals surface area contributed by atoms with Gasteiger partial charge in [0.25, 0.3) is 0 Å². The molecule has 1 N–H and O–H groups in total. The monoisotopic (exact) mass is 402 g/mol. The van der Waals surface area contributed by atoms with Gasteiger partial charge in [-0.3, -0.25) is 9.20 Å². The number of alkyl halides is 3. The predicted molar refractivity (Wildman–Crippen MR) is 104 cm³/mol. The number of amides is 1. The van der Waals surface area contributed by atoms with Gasteiger partial charge in [0.05, 0.1) is 11.6 Å². The summed E-state index contributed by atoms with van der Waals surface area (Å²) in [5.41, 5.74) is 1.06. The van der Waals surface area contributed by atoms with Gasteiger partial charge in [-0.2, -0.15) is 13.2 Å². The molecule has 1 unspecified atom stereocenters. The molecule has 0 aliphatic carbocycles. The van der Waals surface area contributed by atoms with E-state index in [2.05, 4.69) is 15.5 Å². The number of carbonyl (C=O) groups excluding carboxylic acids is 1. The minimum absolute atomic E-state index is 0.0475. The number of nitrogens with zero attached hydrogens (tertiary/aromatic N) is 3. The number of fused-ring (bicyclic) bond motifs is 1. The standard InChI is InChI=1S/C21H21F3N4O/c1-13(2)19(20-27-26-17-6-4-5-11-28(17)20)25-18(29)12-14(3)15-7-9-16(10-8-15)21(22,23)24/h4-13,19H,1-3H3,(H,25,29)/b14-12-. The van der Waals surface area contributed by atoms with Crippen LogP contribution in [0.15, 0.2) is 54.7 Å². The maximum atomic E-state index is 12.7. The van der Waals surface area contributed by atoms with E-state index in [0.717, 1.165) is 12.1 Å². The molecule has 0 saturated carbocycles. The van der Waals surface area contributed by atoms with Gasteiger partial charge in [0.2, 0.25) is 5.91 Å². The van der Waals surface area contributed by atoms with Crippen LogP contribution in [-0.4, -0.2) is 20.5 Å². The first kappa shape index (κ1) is 20.6. The summed E-state index contributed by atoms with van der Waals surface area (Å²) >= 11 is 0. The second-order valence-corrected chi connectivity index (χ2v) is 7.12. The Hall–Kier alpha value is -3.16. The van der Waals surface area contributed by atoms with Crippen molar-refractivity contribution in [2.75, 3.05) is 0 Å². The topological polar surface area (TPSA) is 59.3 Å². The fourth-order valence-corrected chi connectivity index (χ4v) is 3.00. The molecule has 0 spiro atoms. The van der Waals surface area contributed by atoms with E-state index in [9.17, 15) is 18.0 Å². The summed E-state index contributed by atoms with van der Waals surface area (Å²) in [6.07, 6.45) is -1.18. The maximum Gasteiger partial charge on any atom is 0.416 e. The zero-order valence-electron chi connectivity index (χ0n) is 16.2. The van der Waals surface area contributed by atoms with Crippen molar-refractivity contribution in [2.24, 2.45) is 5.92 Å². The van der Waals surface area contributed by atoms with Gasteiger partial charge in [0, 0.05) is 12.3 Å². The van der Waals surface area contributed by atoms with Crippen LogP contribution in [0.25, 0.3) is 11.2 Å². The number of allylic oxidation sites excluding steroid dienone is 1. The Balaban J connectivity index is 1.80. The Kier molecular flexibility index (Phi) is 5.72. The van der Waals surface area contributed by atoms with Crippen LogP contribution in [0.5, 0.6) is 0 Å². The minimum Gasteiger partial charge on any atom is -0.342 e. The lowest BCUT2D eigenvalue weighted by molar-refractivity contribution is -0.137. The molecule has 152 valence electrons. The lowest BCUT2D eigenvalue weighted by Crippen LogP contribution is -2.32. The molecule has 0 fully saturated rings. The van der Waals surface area contributed by atoms with Crippen molar-refractivity contribution in [3.8, 4) is 0 Å². The van der Waals surface area contributed by atoms with Crippen LogP contribution in [0.4, 0.5) is 13.2 Å². The van der Waals surface area contributed by atoms with E-state index in [-0.39, 0.29) is 17.9 Å². The predicted octanol–water partition coefficient (Wildman–Crippen LogP) is 4.66. The zero-order chi connectivity index (χ0) is 21.2. The van der Waals surface area contributed by atoms with Gasteiger partial charge >= 0.3 is 6.18 Å². The van der Waals surface area contributed by atoms with Crippen molar-refractivity contribution in [3.05, 3.63) is 71.7 Å². The van der Waals surface area contributed by atoms with Gasteiger partial charge in [0.15, 0.2) is 11.5 Å². The van der Waals surface area contributed by atoms with Crippen LogP contribution >= 0.6 is 0 Å². The number of aromatic nitrogens is 3. The van der Waals surface area contributed by atoms with Gasteiger partial charge in [-0.1, -0.05) is 32.0 Å². The number of rotatable bonds is 5. The third-order valence-corrected chi connectivity index (χ3v) is 4.60. The fourth-order valence-electron chi connectivity index (χ4n) is 3.00. The first-order chi connectivity index (χ1) is 13.7. The minimum atomic E-state index is -4.39. The summed E-state index contributed by atoms with van der Waals surface area (Å²) in [6.45, 7) is 5.60. The lowest BCUT2D eigenvalue weighted by atomic mass is 10.0. The second-order valence-electron chi connectivity index (χ2n) is 7.12. The smallest absolute Gasteiger partial charge is 0.342 e. The SMILES string of the molecule is C/C(=C/C(=O)NC(c1nnc2ccccn12)C(C)C)c1ccc(C(F)(F)F)cc1. The fraction of sp³-hybridized carbons (Fsp3) is 0.286.